The zero-order valence-corrected chi connectivity index (χ0v) is 12.6. The molecule has 1 rings (SSSR count). The van der Waals surface area contributed by atoms with Gasteiger partial charge in [-0.2, -0.15) is 0 Å². The van der Waals surface area contributed by atoms with Crippen molar-refractivity contribution in [2.24, 2.45) is 5.73 Å². The van der Waals surface area contributed by atoms with Crippen LogP contribution in [0.3, 0.4) is 0 Å². The van der Waals surface area contributed by atoms with E-state index in [1.807, 2.05) is 6.92 Å². The fourth-order valence-corrected chi connectivity index (χ4v) is 2.68. The van der Waals surface area contributed by atoms with Crippen LogP contribution in [0.1, 0.15) is 6.92 Å². The van der Waals surface area contributed by atoms with Gasteiger partial charge in [0, 0.05) is 20.6 Å². The molecule has 0 bridgehead atoms. The monoisotopic (exact) mass is 300 g/mol. The maximum absolute atomic E-state index is 12.0. The van der Waals surface area contributed by atoms with Crippen molar-refractivity contribution in [2.45, 2.75) is 11.8 Å². The van der Waals surface area contributed by atoms with E-state index in [9.17, 15) is 13.2 Å². The number of rotatable bonds is 6. The summed E-state index contributed by atoms with van der Waals surface area (Å²) in [5, 5.41) is 0. The third-order valence-electron chi connectivity index (χ3n) is 2.85. The number of benzene rings is 1. The minimum atomic E-state index is -3.53. The summed E-state index contributed by atoms with van der Waals surface area (Å²) in [4.78, 5) is 12.8. The van der Waals surface area contributed by atoms with E-state index in [0.717, 1.165) is 4.31 Å². The molecule has 0 atom stereocenters. The van der Waals surface area contributed by atoms with E-state index >= 15 is 0 Å². The predicted molar refractivity (Wildman–Crippen MR) is 78.8 cm³/mol. The molecule has 0 radical (unpaired) electrons. The Morgan fingerprint density at radius 1 is 1.30 bits per heavy atom. The quantitative estimate of drug-likeness (QED) is 0.709. The van der Waals surface area contributed by atoms with Gasteiger partial charge in [0.15, 0.2) is 0 Å². The molecule has 7 nitrogen and oxygen atoms in total. The van der Waals surface area contributed by atoms with Crippen LogP contribution in [0.4, 0.5) is 11.4 Å². The number of nitrogens with zero attached hydrogens (tertiary/aromatic N) is 2. The van der Waals surface area contributed by atoms with Gasteiger partial charge in [-0.05, 0) is 25.1 Å². The summed E-state index contributed by atoms with van der Waals surface area (Å²) in [6, 6.07) is 4.43. The number of sulfonamides is 1. The van der Waals surface area contributed by atoms with Crippen molar-refractivity contribution >= 4 is 27.3 Å². The lowest BCUT2D eigenvalue weighted by Gasteiger charge is -2.23. The largest absolute Gasteiger partial charge is 0.397 e. The molecule has 8 heteroatoms. The molecule has 0 unspecified atom stereocenters. The highest BCUT2D eigenvalue weighted by Gasteiger charge is 2.19. The van der Waals surface area contributed by atoms with Crippen LogP contribution in [0.25, 0.3) is 0 Å². The average Bonchev–Trinajstić information content (AvgIpc) is 2.35. The summed E-state index contributed by atoms with van der Waals surface area (Å²) in [6.07, 6.45) is 0. The number of amides is 1. The van der Waals surface area contributed by atoms with Crippen molar-refractivity contribution in [2.75, 3.05) is 37.8 Å². The fourth-order valence-electron chi connectivity index (χ4n) is 1.75. The number of nitrogen functional groups attached to an aromatic ring is 1. The molecule has 4 N–H and O–H groups in total. The normalized spacial score (nSPS) is 11.6. The summed E-state index contributed by atoms with van der Waals surface area (Å²) >= 11 is 0. The lowest BCUT2D eigenvalue weighted by atomic mass is 10.2. The number of hydrogen-bond donors (Lipinski definition) is 2. The third kappa shape index (κ3) is 3.40. The molecule has 1 amide bonds. The number of likely N-dealkylation sites (N-methyl/N-ethyl adjacent to an activating group) is 1. The van der Waals surface area contributed by atoms with E-state index in [1.54, 1.807) is 11.0 Å². The van der Waals surface area contributed by atoms with Crippen molar-refractivity contribution in [3.63, 3.8) is 0 Å². The molecule has 0 saturated heterocycles. The Hall–Kier alpha value is -1.80. The van der Waals surface area contributed by atoms with Crippen LogP contribution in [-0.4, -0.2) is 45.8 Å². The van der Waals surface area contributed by atoms with Crippen molar-refractivity contribution in [3.8, 4) is 0 Å². The van der Waals surface area contributed by atoms with Crippen molar-refractivity contribution in [1.29, 1.82) is 0 Å². The van der Waals surface area contributed by atoms with E-state index in [-0.39, 0.29) is 17.1 Å². The Morgan fingerprint density at radius 3 is 2.30 bits per heavy atom. The first-order valence-corrected chi connectivity index (χ1v) is 7.49. The van der Waals surface area contributed by atoms with E-state index in [1.165, 1.54) is 26.2 Å². The summed E-state index contributed by atoms with van der Waals surface area (Å²) < 4.78 is 25.1. The first kappa shape index (κ1) is 16.3. The predicted octanol–water partition coefficient (Wildman–Crippen LogP) is -0.169. The smallest absolute Gasteiger partial charge is 0.242 e. The van der Waals surface area contributed by atoms with Gasteiger partial charge in [0.2, 0.25) is 15.9 Å². The Morgan fingerprint density at radius 2 is 1.90 bits per heavy atom. The molecule has 0 aromatic heterocycles. The van der Waals surface area contributed by atoms with Crippen molar-refractivity contribution in [3.05, 3.63) is 18.2 Å². The Balaban J connectivity index is 3.20. The van der Waals surface area contributed by atoms with E-state index < -0.39 is 15.9 Å². The summed E-state index contributed by atoms with van der Waals surface area (Å²) in [6.45, 7) is 2.42. The van der Waals surface area contributed by atoms with E-state index in [0.29, 0.717) is 12.2 Å². The second kappa shape index (κ2) is 6.10. The minimum Gasteiger partial charge on any atom is -0.397 e. The van der Waals surface area contributed by atoms with Gasteiger partial charge in [-0.1, -0.05) is 0 Å². The molecule has 112 valence electrons. The Bertz CT molecular complexity index is 599. The SMILES string of the molecule is CCN(CC(N)=O)c1ccc(S(=O)(=O)N(C)C)cc1N. The van der Waals surface area contributed by atoms with Gasteiger partial charge in [-0.3, -0.25) is 4.79 Å². The number of anilines is 2. The van der Waals surface area contributed by atoms with Gasteiger partial charge < -0.3 is 16.4 Å². The van der Waals surface area contributed by atoms with Gasteiger partial charge in [-0.15, -0.1) is 0 Å². The van der Waals surface area contributed by atoms with Crippen LogP contribution in [-0.2, 0) is 14.8 Å². The van der Waals surface area contributed by atoms with Gasteiger partial charge in [0.05, 0.1) is 22.8 Å². The van der Waals surface area contributed by atoms with Gasteiger partial charge in [0.25, 0.3) is 0 Å². The Kier molecular flexibility index (Phi) is 4.96. The highest BCUT2D eigenvalue weighted by molar-refractivity contribution is 7.89. The first-order chi connectivity index (χ1) is 9.20. The lowest BCUT2D eigenvalue weighted by molar-refractivity contribution is -0.116. The number of nitrogens with two attached hydrogens (primary N) is 2. The highest BCUT2D eigenvalue weighted by atomic mass is 32.2. The minimum absolute atomic E-state index is 0.0283. The molecule has 0 aliphatic carbocycles. The lowest BCUT2D eigenvalue weighted by Crippen LogP contribution is -2.34. The second-order valence-corrected chi connectivity index (χ2v) is 6.64. The molecule has 0 spiro atoms. The summed E-state index contributed by atoms with van der Waals surface area (Å²) in [7, 11) is -0.630. The summed E-state index contributed by atoms with van der Waals surface area (Å²) in [5.74, 6) is -0.476. The van der Waals surface area contributed by atoms with Crippen LogP contribution in [0.15, 0.2) is 23.1 Å². The van der Waals surface area contributed by atoms with Gasteiger partial charge in [-0.25, -0.2) is 12.7 Å². The zero-order chi connectivity index (χ0) is 15.5. The zero-order valence-electron chi connectivity index (χ0n) is 11.8. The topological polar surface area (TPSA) is 110 Å². The highest BCUT2D eigenvalue weighted by Crippen LogP contribution is 2.27. The van der Waals surface area contributed by atoms with Crippen molar-refractivity contribution < 1.29 is 13.2 Å². The standard InChI is InChI=1S/C12H20N4O3S/c1-4-16(8-12(14)17)11-6-5-9(7-10(11)13)20(18,19)15(2)3/h5-7H,4,8,13H2,1-3H3,(H2,14,17). The number of hydrogen-bond acceptors (Lipinski definition) is 5. The van der Waals surface area contributed by atoms with Crippen LogP contribution in [0, 0.1) is 0 Å². The molecule has 0 fully saturated rings. The summed E-state index contributed by atoms with van der Waals surface area (Å²) in [5.41, 5.74) is 11.9. The third-order valence-corrected chi connectivity index (χ3v) is 4.66. The number of carbonyl (C=O) groups excluding carboxylic acids is 1. The second-order valence-electron chi connectivity index (χ2n) is 4.49. The Labute approximate surface area is 119 Å². The molecule has 20 heavy (non-hydrogen) atoms. The molecule has 0 saturated carbocycles. The number of primary amides is 1. The van der Waals surface area contributed by atoms with Gasteiger partial charge >= 0.3 is 0 Å². The molecule has 1 aromatic rings. The maximum Gasteiger partial charge on any atom is 0.242 e. The molecule has 1 aromatic carbocycles. The molecular formula is C12H20N4O3S. The fraction of sp³-hybridized carbons (Fsp3) is 0.417. The van der Waals surface area contributed by atoms with Crippen LogP contribution < -0.4 is 16.4 Å². The van der Waals surface area contributed by atoms with Crippen LogP contribution in [0.5, 0.6) is 0 Å². The molecule has 0 aliphatic heterocycles. The molecule has 0 aliphatic rings. The van der Waals surface area contributed by atoms with E-state index in [2.05, 4.69) is 0 Å². The molecule has 0 heterocycles. The average molecular weight is 300 g/mol. The maximum atomic E-state index is 12.0. The first-order valence-electron chi connectivity index (χ1n) is 6.05. The van der Waals surface area contributed by atoms with Crippen LogP contribution >= 0.6 is 0 Å². The van der Waals surface area contributed by atoms with Crippen LogP contribution in [0.2, 0.25) is 0 Å². The van der Waals surface area contributed by atoms with Crippen molar-refractivity contribution in [1.82, 2.24) is 4.31 Å². The van der Waals surface area contributed by atoms with Gasteiger partial charge in [0.1, 0.15) is 0 Å². The molecular weight excluding hydrogens is 280 g/mol. The van der Waals surface area contributed by atoms with E-state index in [4.69, 9.17) is 11.5 Å². The number of carbonyl (C=O) groups is 1.